The molecule has 3 rings (SSSR count). The molecule has 0 aliphatic rings. The summed E-state index contributed by atoms with van der Waals surface area (Å²) >= 11 is 0. The van der Waals surface area contributed by atoms with Gasteiger partial charge in [-0.25, -0.2) is 0 Å². The van der Waals surface area contributed by atoms with Crippen LogP contribution in [-0.2, 0) is 7.05 Å². The fraction of sp³-hybridized carbons (Fsp3) is 0.211. The van der Waals surface area contributed by atoms with Crippen LogP contribution in [0.15, 0.2) is 61.1 Å². The summed E-state index contributed by atoms with van der Waals surface area (Å²) in [7, 11) is 1.88. The van der Waals surface area contributed by atoms with Crippen LogP contribution < -0.4 is 10.1 Å². The second kappa shape index (κ2) is 7.61. The maximum Gasteiger partial charge on any atom is 0.270 e. The predicted molar refractivity (Wildman–Crippen MR) is 95.3 cm³/mol. The van der Waals surface area contributed by atoms with Crippen molar-refractivity contribution < 1.29 is 9.53 Å². The Morgan fingerprint density at radius 1 is 1.24 bits per heavy atom. The number of benzene rings is 1. The molecule has 3 aromatic rings. The van der Waals surface area contributed by atoms with Gasteiger partial charge in [-0.1, -0.05) is 18.2 Å². The Kier molecular flexibility index (Phi) is 5.09. The minimum atomic E-state index is -0.208. The molecule has 2 aromatic heterocycles. The smallest absolute Gasteiger partial charge is 0.270 e. The van der Waals surface area contributed by atoms with Crippen LogP contribution in [0.25, 0.3) is 11.1 Å². The Labute approximate surface area is 146 Å². The quantitative estimate of drug-likeness (QED) is 0.751. The van der Waals surface area contributed by atoms with E-state index in [-0.39, 0.29) is 11.9 Å². The van der Waals surface area contributed by atoms with Gasteiger partial charge in [0.15, 0.2) is 0 Å². The molecule has 0 bridgehead atoms. The van der Waals surface area contributed by atoms with Gasteiger partial charge in [-0.15, -0.1) is 0 Å². The summed E-state index contributed by atoms with van der Waals surface area (Å²) in [5.74, 6) is 0.543. The monoisotopic (exact) mass is 336 g/mol. The summed E-state index contributed by atoms with van der Waals surface area (Å²) in [4.78, 5) is 16.1. The minimum absolute atomic E-state index is 0.142. The molecular weight excluding hydrogens is 316 g/mol. The third-order valence-electron chi connectivity index (χ3n) is 3.65. The van der Waals surface area contributed by atoms with Gasteiger partial charge in [-0.2, -0.15) is 5.10 Å². The molecule has 0 aliphatic carbocycles. The third kappa shape index (κ3) is 4.44. The van der Waals surface area contributed by atoms with Crippen molar-refractivity contribution >= 4 is 5.91 Å². The SMILES string of the molecule is C[C@H](COc1cccc(-c2cnn(C)c2)c1)NC(=O)c1ccccn1. The topological polar surface area (TPSA) is 69.0 Å². The largest absolute Gasteiger partial charge is 0.491 e. The number of rotatable bonds is 6. The number of carbonyl (C=O) groups is 1. The van der Waals surface area contributed by atoms with Gasteiger partial charge in [0.1, 0.15) is 18.1 Å². The van der Waals surface area contributed by atoms with Crippen molar-refractivity contribution in [2.45, 2.75) is 13.0 Å². The number of amides is 1. The number of aromatic nitrogens is 3. The average molecular weight is 336 g/mol. The Hall–Kier alpha value is -3.15. The van der Waals surface area contributed by atoms with Crippen molar-refractivity contribution in [2.24, 2.45) is 7.05 Å². The molecule has 1 amide bonds. The van der Waals surface area contributed by atoms with Crippen LogP contribution in [0.4, 0.5) is 0 Å². The lowest BCUT2D eigenvalue weighted by Gasteiger charge is -2.15. The van der Waals surface area contributed by atoms with E-state index in [2.05, 4.69) is 15.4 Å². The fourth-order valence-corrected chi connectivity index (χ4v) is 2.39. The van der Waals surface area contributed by atoms with Crippen molar-refractivity contribution in [1.82, 2.24) is 20.1 Å². The summed E-state index contributed by atoms with van der Waals surface area (Å²) in [6.07, 6.45) is 5.36. The second-order valence-corrected chi connectivity index (χ2v) is 5.83. The first-order chi connectivity index (χ1) is 12.1. The molecule has 6 nitrogen and oxygen atoms in total. The Bertz CT molecular complexity index is 845. The minimum Gasteiger partial charge on any atom is -0.491 e. The van der Waals surface area contributed by atoms with Crippen molar-refractivity contribution in [2.75, 3.05) is 6.61 Å². The van der Waals surface area contributed by atoms with Gasteiger partial charge in [0.05, 0.1) is 12.2 Å². The van der Waals surface area contributed by atoms with Gasteiger partial charge < -0.3 is 10.1 Å². The number of nitrogens with one attached hydrogen (secondary N) is 1. The average Bonchev–Trinajstić information content (AvgIpc) is 3.07. The van der Waals surface area contributed by atoms with E-state index in [0.29, 0.717) is 12.3 Å². The van der Waals surface area contributed by atoms with Crippen LogP contribution in [-0.4, -0.2) is 33.3 Å². The van der Waals surface area contributed by atoms with Crippen LogP contribution in [0, 0.1) is 0 Å². The maximum absolute atomic E-state index is 12.1. The van der Waals surface area contributed by atoms with E-state index < -0.39 is 0 Å². The predicted octanol–water partition coefficient (Wildman–Crippen LogP) is 2.68. The maximum atomic E-state index is 12.1. The zero-order chi connectivity index (χ0) is 17.6. The number of pyridine rings is 1. The Morgan fingerprint density at radius 3 is 2.84 bits per heavy atom. The van der Waals surface area contributed by atoms with E-state index in [9.17, 15) is 4.79 Å². The van der Waals surface area contributed by atoms with Gasteiger partial charge in [0.2, 0.25) is 0 Å². The molecule has 128 valence electrons. The Balaban J connectivity index is 1.57. The lowest BCUT2D eigenvalue weighted by molar-refractivity contribution is 0.0921. The van der Waals surface area contributed by atoms with Gasteiger partial charge in [-0.3, -0.25) is 14.5 Å². The number of carbonyl (C=O) groups excluding carboxylic acids is 1. The first-order valence-electron chi connectivity index (χ1n) is 8.05. The Morgan fingerprint density at radius 2 is 2.12 bits per heavy atom. The molecule has 0 spiro atoms. The van der Waals surface area contributed by atoms with E-state index in [1.807, 2.05) is 50.6 Å². The number of aryl methyl sites for hydroxylation is 1. The molecule has 1 aromatic carbocycles. The number of hydrogen-bond donors (Lipinski definition) is 1. The highest BCUT2D eigenvalue weighted by molar-refractivity contribution is 5.92. The zero-order valence-corrected chi connectivity index (χ0v) is 14.2. The van der Waals surface area contributed by atoms with Gasteiger partial charge in [-0.05, 0) is 36.8 Å². The van der Waals surface area contributed by atoms with Crippen LogP contribution in [0.1, 0.15) is 17.4 Å². The van der Waals surface area contributed by atoms with Crippen LogP contribution in [0.2, 0.25) is 0 Å². The second-order valence-electron chi connectivity index (χ2n) is 5.83. The van der Waals surface area contributed by atoms with E-state index in [1.165, 1.54) is 0 Å². The van der Waals surface area contributed by atoms with Gasteiger partial charge in [0, 0.05) is 25.0 Å². The molecule has 0 aliphatic heterocycles. The van der Waals surface area contributed by atoms with E-state index >= 15 is 0 Å². The summed E-state index contributed by atoms with van der Waals surface area (Å²) in [5, 5.41) is 7.06. The fourth-order valence-electron chi connectivity index (χ4n) is 2.39. The van der Waals surface area contributed by atoms with E-state index in [0.717, 1.165) is 16.9 Å². The molecule has 1 atom stereocenters. The number of nitrogens with zero attached hydrogens (tertiary/aromatic N) is 3. The highest BCUT2D eigenvalue weighted by Crippen LogP contribution is 2.23. The zero-order valence-electron chi connectivity index (χ0n) is 14.2. The molecular formula is C19H20N4O2. The molecule has 1 N–H and O–H groups in total. The highest BCUT2D eigenvalue weighted by Gasteiger charge is 2.11. The molecule has 0 unspecified atom stereocenters. The summed E-state index contributed by atoms with van der Waals surface area (Å²) in [6.45, 7) is 2.26. The van der Waals surface area contributed by atoms with E-state index in [1.54, 1.807) is 29.1 Å². The summed E-state index contributed by atoms with van der Waals surface area (Å²) in [6, 6.07) is 12.9. The van der Waals surface area contributed by atoms with E-state index in [4.69, 9.17) is 4.74 Å². The molecule has 0 saturated heterocycles. The molecule has 6 heteroatoms. The normalized spacial score (nSPS) is 11.8. The lowest BCUT2D eigenvalue weighted by atomic mass is 10.1. The van der Waals surface area contributed by atoms with Crippen LogP contribution in [0.5, 0.6) is 5.75 Å². The van der Waals surface area contributed by atoms with Crippen LogP contribution in [0.3, 0.4) is 0 Å². The third-order valence-corrected chi connectivity index (χ3v) is 3.65. The van der Waals surface area contributed by atoms with Gasteiger partial charge >= 0.3 is 0 Å². The molecule has 25 heavy (non-hydrogen) atoms. The highest BCUT2D eigenvalue weighted by atomic mass is 16.5. The summed E-state index contributed by atoms with van der Waals surface area (Å²) in [5.41, 5.74) is 2.47. The molecule has 0 radical (unpaired) electrons. The molecule has 0 fully saturated rings. The standard InChI is InChI=1S/C19H20N4O2/c1-14(22-19(24)18-8-3-4-9-20-18)13-25-17-7-5-6-15(10-17)16-11-21-23(2)12-16/h3-12,14H,13H2,1-2H3,(H,22,24)/t14-/m1/s1. The van der Waals surface area contributed by atoms with Crippen molar-refractivity contribution in [1.29, 1.82) is 0 Å². The first-order valence-corrected chi connectivity index (χ1v) is 8.05. The lowest BCUT2D eigenvalue weighted by Crippen LogP contribution is -2.37. The first kappa shape index (κ1) is 16.7. The number of hydrogen-bond acceptors (Lipinski definition) is 4. The van der Waals surface area contributed by atoms with Crippen LogP contribution >= 0.6 is 0 Å². The van der Waals surface area contributed by atoms with Crippen molar-refractivity contribution in [3.63, 3.8) is 0 Å². The molecule has 0 saturated carbocycles. The van der Waals surface area contributed by atoms with Crippen molar-refractivity contribution in [3.8, 4) is 16.9 Å². The summed E-state index contributed by atoms with van der Waals surface area (Å²) < 4.78 is 7.57. The number of ether oxygens (including phenoxy) is 1. The van der Waals surface area contributed by atoms with Gasteiger partial charge in [0.25, 0.3) is 5.91 Å². The molecule has 2 heterocycles. The van der Waals surface area contributed by atoms with Crippen molar-refractivity contribution in [3.05, 3.63) is 66.7 Å².